The standard InChI is InChI=1S/C21H25N5O/c1-14(2)19-12-26(25-24-19)13-20(27)23-21(17-7-9-22-10-8-17)18-6-5-15(3)16(4)11-18/h5-12,14,21H,13H2,1-4H3,(H,23,27)/t21-/m0/s1. The molecule has 0 saturated carbocycles. The number of rotatable bonds is 6. The zero-order valence-corrected chi connectivity index (χ0v) is 16.2. The first-order valence-electron chi connectivity index (χ1n) is 9.10. The first-order chi connectivity index (χ1) is 12.9. The van der Waals surface area contributed by atoms with E-state index in [0.29, 0.717) is 0 Å². The van der Waals surface area contributed by atoms with Crippen LogP contribution in [-0.2, 0) is 11.3 Å². The minimum Gasteiger partial charge on any atom is -0.344 e. The number of carbonyl (C=O) groups is 1. The summed E-state index contributed by atoms with van der Waals surface area (Å²) in [5.41, 5.74) is 5.32. The molecule has 0 saturated heterocycles. The summed E-state index contributed by atoms with van der Waals surface area (Å²) >= 11 is 0. The van der Waals surface area contributed by atoms with Gasteiger partial charge < -0.3 is 5.32 Å². The maximum atomic E-state index is 12.7. The molecule has 0 unspecified atom stereocenters. The number of carbonyl (C=O) groups excluding carboxylic acids is 1. The van der Waals surface area contributed by atoms with Crippen molar-refractivity contribution in [3.63, 3.8) is 0 Å². The summed E-state index contributed by atoms with van der Waals surface area (Å²) in [5, 5.41) is 11.3. The second kappa shape index (κ2) is 8.12. The molecule has 27 heavy (non-hydrogen) atoms. The van der Waals surface area contributed by atoms with Crippen LogP contribution < -0.4 is 5.32 Å². The van der Waals surface area contributed by atoms with Gasteiger partial charge in [-0.3, -0.25) is 9.78 Å². The van der Waals surface area contributed by atoms with Gasteiger partial charge in [-0.05, 0) is 54.2 Å². The monoisotopic (exact) mass is 363 g/mol. The maximum absolute atomic E-state index is 12.7. The number of aromatic nitrogens is 4. The molecule has 3 aromatic rings. The predicted molar refractivity (Wildman–Crippen MR) is 104 cm³/mol. The smallest absolute Gasteiger partial charge is 0.242 e. The molecule has 1 atom stereocenters. The van der Waals surface area contributed by atoms with Gasteiger partial charge in [0.1, 0.15) is 6.54 Å². The number of nitrogens with zero attached hydrogens (tertiary/aromatic N) is 4. The highest BCUT2D eigenvalue weighted by molar-refractivity contribution is 5.76. The Labute approximate surface area is 159 Å². The highest BCUT2D eigenvalue weighted by atomic mass is 16.2. The molecule has 0 fully saturated rings. The van der Waals surface area contributed by atoms with Gasteiger partial charge in [0.2, 0.25) is 5.91 Å². The second-order valence-corrected chi connectivity index (χ2v) is 7.12. The first-order valence-corrected chi connectivity index (χ1v) is 9.10. The summed E-state index contributed by atoms with van der Waals surface area (Å²) < 4.78 is 1.58. The van der Waals surface area contributed by atoms with Crippen LogP contribution in [0.15, 0.2) is 48.9 Å². The third kappa shape index (κ3) is 4.58. The van der Waals surface area contributed by atoms with Crippen molar-refractivity contribution in [2.24, 2.45) is 0 Å². The van der Waals surface area contributed by atoms with Crippen molar-refractivity contribution < 1.29 is 4.79 Å². The Hall–Kier alpha value is -3.02. The van der Waals surface area contributed by atoms with Gasteiger partial charge in [-0.25, -0.2) is 4.68 Å². The van der Waals surface area contributed by atoms with Crippen molar-refractivity contribution in [2.45, 2.75) is 46.2 Å². The first kappa shape index (κ1) is 18.8. The van der Waals surface area contributed by atoms with Crippen LogP contribution >= 0.6 is 0 Å². The number of hydrogen-bond donors (Lipinski definition) is 1. The second-order valence-electron chi connectivity index (χ2n) is 7.12. The van der Waals surface area contributed by atoms with Crippen LogP contribution in [0.5, 0.6) is 0 Å². The van der Waals surface area contributed by atoms with Gasteiger partial charge in [-0.1, -0.05) is 37.3 Å². The molecule has 3 rings (SSSR count). The van der Waals surface area contributed by atoms with E-state index in [1.807, 2.05) is 32.2 Å². The molecular formula is C21H25N5O. The number of hydrogen-bond acceptors (Lipinski definition) is 4. The van der Waals surface area contributed by atoms with Crippen LogP contribution in [0.2, 0.25) is 0 Å². The number of pyridine rings is 1. The van der Waals surface area contributed by atoms with Gasteiger partial charge in [0.15, 0.2) is 0 Å². The quantitative estimate of drug-likeness (QED) is 0.729. The normalized spacial score (nSPS) is 12.2. The van der Waals surface area contributed by atoms with Gasteiger partial charge in [-0.2, -0.15) is 0 Å². The highest BCUT2D eigenvalue weighted by Gasteiger charge is 2.18. The summed E-state index contributed by atoms with van der Waals surface area (Å²) in [6, 6.07) is 9.86. The fraction of sp³-hybridized carbons (Fsp3) is 0.333. The van der Waals surface area contributed by atoms with Gasteiger partial charge in [0, 0.05) is 18.6 Å². The van der Waals surface area contributed by atoms with E-state index in [9.17, 15) is 4.79 Å². The van der Waals surface area contributed by atoms with Crippen LogP contribution in [0.3, 0.4) is 0 Å². The fourth-order valence-electron chi connectivity index (χ4n) is 2.87. The van der Waals surface area contributed by atoms with E-state index in [1.165, 1.54) is 11.1 Å². The van der Waals surface area contributed by atoms with Gasteiger partial charge in [0.05, 0.1) is 11.7 Å². The van der Waals surface area contributed by atoms with Crippen molar-refractivity contribution in [3.05, 3.63) is 76.9 Å². The number of nitrogens with one attached hydrogen (secondary N) is 1. The number of amides is 1. The Balaban J connectivity index is 1.82. The molecule has 0 aliphatic heterocycles. The van der Waals surface area contributed by atoms with Crippen LogP contribution in [0, 0.1) is 13.8 Å². The van der Waals surface area contributed by atoms with E-state index in [2.05, 4.69) is 52.7 Å². The van der Waals surface area contributed by atoms with E-state index >= 15 is 0 Å². The Morgan fingerprint density at radius 3 is 2.44 bits per heavy atom. The molecule has 140 valence electrons. The topological polar surface area (TPSA) is 72.7 Å². The molecular weight excluding hydrogens is 338 g/mol. The lowest BCUT2D eigenvalue weighted by atomic mass is 9.96. The van der Waals surface area contributed by atoms with E-state index in [0.717, 1.165) is 16.8 Å². The van der Waals surface area contributed by atoms with Gasteiger partial charge in [0.25, 0.3) is 0 Å². The summed E-state index contributed by atoms with van der Waals surface area (Å²) in [5.74, 6) is 0.164. The van der Waals surface area contributed by atoms with E-state index < -0.39 is 0 Å². The molecule has 2 heterocycles. The molecule has 0 bridgehead atoms. The molecule has 1 N–H and O–H groups in total. The number of benzene rings is 1. The third-order valence-corrected chi connectivity index (χ3v) is 4.66. The van der Waals surface area contributed by atoms with Crippen LogP contribution in [0.4, 0.5) is 0 Å². The number of aryl methyl sites for hydroxylation is 2. The van der Waals surface area contributed by atoms with Crippen molar-refractivity contribution in [2.75, 3.05) is 0 Å². The predicted octanol–water partition coefficient (Wildman–Crippen LogP) is 3.32. The Morgan fingerprint density at radius 2 is 1.81 bits per heavy atom. The summed E-state index contributed by atoms with van der Waals surface area (Å²) in [4.78, 5) is 16.8. The minimum atomic E-state index is -0.243. The van der Waals surface area contributed by atoms with Crippen molar-refractivity contribution in [1.82, 2.24) is 25.3 Å². The van der Waals surface area contributed by atoms with Gasteiger partial charge in [-0.15, -0.1) is 5.10 Å². The lowest BCUT2D eigenvalue weighted by Gasteiger charge is -2.20. The Bertz CT molecular complexity index is 917. The van der Waals surface area contributed by atoms with E-state index in [4.69, 9.17) is 0 Å². The maximum Gasteiger partial charge on any atom is 0.242 e. The molecule has 0 radical (unpaired) electrons. The highest BCUT2D eigenvalue weighted by Crippen LogP contribution is 2.24. The summed E-state index contributed by atoms with van der Waals surface area (Å²) in [7, 11) is 0. The average molecular weight is 363 g/mol. The molecule has 0 spiro atoms. The fourth-order valence-corrected chi connectivity index (χ4v) is 2.87. The zero-order chi connectivity index (χ0) is 19.4. The van der Waals surface area contributed by atoms with Crippen LogP contribution in [0.25, 0.3) is 0 Å². The van der Waals surface area contributed by atoms with E-state index in [-0.39, 0.29) is 24.4 Å². The largest absolute Gasteiger partial charge is 0.344 e. The molecule has 6 heteroatoms. The SMILES string of the molecule is Cc1ccc([C@@H](NC(=O)Cn2cc(C(C)C)nn2)c2ccncc2)cc1C. The summed E-state index contributed by atoms with van der Waals surface area (Å²) in [6.45, 7) is 8.39. The molecule has 0 aliphatic carbocycles. The van der Waals surface area contributed by atoms with Crippen molar-refractivity contribution in [3.8, 4) is 0 Å². The lowest BCUT2D eigenvalue weighted by molar-refractivity contribution is -0.122. The summed E-state index contributed by atoms with van der Waals surface area (Å²) in [6.07, 6.45) is 5.30. The lowest BCUT2D eigenvalue weighted by Crippen LogP contribution is -2.32. The van der Waals surface area contributed by atoms with Gasteiger partial charge >= 0.3 is 0 Å². The molecule has 1 aromatic carbocycles. The third-order valence-electron chi connectivity index (χ3n) is 4.66. The van der Waals surface area contributed by atoms with E-state index in [1.54, 1.807) is 17.1 Å². The molecule has 2 aromatic heterocycles. The molecule has 1 amide bonds. The Kier molecular flexibility index (Phi) is 5.64. The Morgan fingerprint density at radius 1 is 1.07 bits per heavy atom. The molecule has 0 aliphatic rings. The van der Waals surface area contributed by atoms with Crippen molar-refractivity contribution in [1.29, 1.82) is 0 Å². The zero-order valence-electron chi connectivity index (χ0n) is 16.2. The van der Waals surface area contributed by atoms with Crippen LogP contribution in [-0.4, -0.2) is 25.9 Å². The van der Waals surface area contributed by atoms with Crippen LogP contribution in [0.1, 0.15) is 53.8 Å². The van der Waals surface area contributed by atoms with Crippen molar-refractivity contribution >= 4 is 5.91 Å². The molecule has 6 nitrogen and oxygen atoms in total. The average Bonchev–Trinajstić information content (AvgIpc) is 3.11. The minimum absolute atomic E-state index is 0.116.